The Kier molecular flexibility index (Phi) is 9.08. The molecule has 2 aromatic carbocycles. The molecule has 0 atom stereocenters. The molecule has 0 aliphatic rings. The summed E-state index contributed by atoms with van der Waals surface area (Å²) in [4.78, 5) is 0. The molecule has 0 radical (unpaired) electrons. The van der Waals surface area contributed by atoms with Crippen LogP contribution in [-0.2, 0) is 6.61 Å². The van der Waals surface area contributed by atoms with Gasteiger partial charge >= 0.3 is 23.1 Å². The molecular formula is C13H9BrCl2MgO. The average Bonchev–Trinajstić information content (AvgIpc) is 2.30. The smallest absolute Gasteiger partial charge is 1.00 e. The van der Waals surface area contributed by atoms with Crippen molar-refractivity contribution in [2.75, 3.05) is 0 Å². The molecule has 0 saturated carbocycles. The van der Waals surface area contributed by atoms with Crippen molar-refractivity contribution in [1.29, 1.82) is 0 Å². The van der Waals surface area contributed by atoms with Gasteiger partial charge in [0.2, 0.25) is 0 Å². The molecule has 2 aromatic rings. The Labute approximate surface area is 143 Å². The molecule has 18 heavy (non-hydrogen) atoms. The van der Waals surface area contributed by atoms with E-state index in [9.17, 15) is 0 Å². The van der Waals surface area contributed by atoms with Crippen molar-refractivity contribution in [2.45, 2.75) is 6.61 Å². The van der Waals surface area contributed by atoms with Crippen LogP contribution in [0.15, 0.2) is 42.5 Å². The van der Waals surface area contributed by atoms with E-state index in [4.69, 9.17) is 27.9 Å². The maximum Gasteiger partial charge on any atom is 2.00 e. The second kappa shape index (κ2) is 9.05. The van der Waals surface area contributed by atoms with Gasteiger partial charge in [-0.2, -0.15) is 30.3 Å². The summed E-state index contributed by atoms with van der Waals surface area (Å²) >= 11 is 12.0. The zero-order valence-electron chi connectivity index (χ0n) is 9.50. The third-order valence-electron chi connectivity index (χ3n) is 2.09. The SMILES string of the molecule is Clc1cccc(Cl)c1OCc1cc[c-]cc1.[Br-].[Mg+2]. The van der Waals surface area contributed by atoms with Gasteiger partial charge in [-0.3, -0.25) is 0 Å². The molecule has 0 aliphatic heterocycles. The Bertz CT molecular complexity index is 459. The largest absolute Gasteiger partial charge is 2.00 e. The second-order valence-corrected chi connectivity index (χ2v) is 4.06. The first-order chi connectivity index (χ1) is 7.77. The van der Waals surface area contributed by atoms with Crippen molar-refractivity contribution in [3.8, 4) is 5.75 Å². The first-order valence-electron chi connectivity index (χ1n) is 4.79. The van der Waals surface area contributed by atoms with E-state index in [2.05, 4.69) is 6.07 Å². The van der Waals surface area contributed by atoms with Gasteiger partial charge in [-0.05, 0) is 12.1 Å². The molecule has 0 heterocycles. The number of benzene rings is 2. The number of rotatable bonds is 3. The molecule has 2 rings (SSSR count). The van der Waals surface area contributed by atoms with Crippen LogP contribution in [0.3, 0.4) is 0 Å². The molecule has 0 saturated heterocycles. The summed E-state index contributed by atoms with van der Waals surface area (Å²) < 4.78 is 5.58. The molecule has 0 bridgehead atoms. The monoisotopic (exact) mass is 354 g/mol. The van der Waals surface area contributed by atoms with E-state index >= 15 is 0 Å². The Balaban J connectivity index is 0.00000144. The zero-order valence-corrected chi connectivity index (χ0v) is 14.0. The van der Waals surface area contributed by atoms with Crippen LogP contribution in [0.25, 0.3) is 0 Å². The van der Waals surface area contributed by atoms with Gasteiger partial charge < -0.3 is 21.7 Å². The maximum absolute atomic E-state index is 5.98. The van der Waals surface area contributed by atoms with E-state index in [1.165, 1.54) is 0 Å². The van der Waals surface area contributed by atoms with Crippen LogP contribution in [0.2, 0.25) is 10.0 Å². The Morgan fingerprint density at radius 1 is 1.00 bits per heavy atom. The van der Waals surface area contributed by atoms with Crippen LogP contribution in [-0.4, -0.2) is 23.1 Å². The quantitative estimate of drug-likeness (QED) is 0.589. The van der Waals surface area contributed by atoms with Gasteiger partial charge in [0.05, 0.1) is 16.7 Å². The number of para-hydroxylation sites is 1. The maximum atomic E-state index is 5.98. The number of halogens is 3. The molecule has 90 valence electrons. The molecule has 0 N–H and O–H groups in total. The van der Waals surface area contributed by atoms with Gasteiger partial charge in [0.1, 0.15) is 0 Å². The van der Waals surface area contributed by atoms with Crippen molar-refractivity contribution in [2.24, 2.45) is 0 Å². The molecule has 0 amide bonds. The predicted molar refractivity (Wildman–Crippen MR) is 71.8 cm³/mol. The third kappa shape index (κ3) is 4.98. The van der Waals surface area contributed by atoms with Gasteiger partial charge in [0, 0.05) is 0 Å². The van der Waals surface area contributed by atoms with Crippen LogP contribution in [0.5, 0.6) is 5.75 Å². The van der Waals surface area contributed by atoms with E-state index in [0.717, 1.165) is 5.56 Å². The fourth-order valence-corrected chi connectivity index (χ4v) is 1.80. The van der Waals surface area contributed by atoms with E-state index in [1.54, 1.807) is 18.2 Å². The normalized spacial score (nSPS) is 9.00. The Morgan fingerprint density at radius 3 is 2.11 bits per heavy atom. The Hall–Kier alpha value is 0.0662. The molecule has 0 spiro atoms. The fourth-order valence-electron chi connectivity index (χ4n) is 1.29. The van der Waals surface area contributed by atoms with Crippen LogP contribution in [0, 0.1) is 6.07 Å². The van der Waals surface area contributed by atoms with Crippen LogP contribution >= 0.6 is 23.2 Å². The molecule has 0 unspecified atom stereocenters. The van der Waals surface area contributed by atoms with Crippen LogP contribution in [0.4, 0.5) is 0 Å². The van der Waals surface area contributed by atoms with Gasteiger partial charge in [0.25, 0.3) is 0 Å². The van der Waals surface area contributed by atoms with Crippen molar-refractivity contribution in [1.82, 2.24) is 0 Å². The van der Waals surface area contributed by atoms with E-state index in [0.29, 0.717) is 22.4 Å². The summed E-state index contributed by atoms with van der Waals surface area (Å²) in [6, 6.07) is 15.8. The first kappa shape index (κ1) is 18.1. The number of hydrogen-bond acceptors (Lipinski definition) is 1. The van der Waals surface area contributed by atoms with Crippen molar-refractivity contribution in [3.63, 3.8) is 0 Å². The average molecular weight is 356 g/mol. The van der Waals surface area contributed by atoms with Gasteiger partial charge in [-0.15, -0.1) is 5.56 Å². The minimum atomic E-state index is 0. The molecule has 0 aliphatic carbocycles. The van der Waals surface area contributed by atoms with Crippen molar-refractivity contribution >= 4 is 46.3 Å². The summed E-state index contributed by atoms with van der Waals surface area (Å²) in [5, 5.41) is 1.05. The summed E-state index contributed by atoms with van der Waals surface area (Å²) in [7, 11) is 0. The number of hydrogen-bond donors (Lipinski definition) is 0. The van der Waals surface area contributed by atoms with Crippen LogP contribution in [0.1, 0.15) is 5.56 Å². The van der Waals surface area contributed by atoms with Crippen molar-refractivity contribution in [3.05, 3.63) is 64.1 Å². The van der Waals surface area contributed by atoms with E-state index in [-0.39, 0.29) is 40.0 Å². The summed E-state index contributed by atoms with van der Waals surface area (Å²) in [5.74, 6) is 0.527. The fraction of sp³-hybridized carbons (Fsp3) is 0.0769. The van der Waals surface area contributed by atoms with Gasteiger partial charge in [-0.25, -0.2) is 0 Å². The van der Waals surface area contributed by atoms with Gasteiger partial charge in [-0.1, -0.05) is 29.3 Å². The second-order valence-electron chi connectivity index (χ2n) is 3.25. The number of ether oxygens (including phenoxy) is 1. The standard InChI is InChI=1S/C13H9Cl2O.BrH.Mg/c14-11-7-4-8-12(15)13(11)16-9-10-5-2-1-3-6-10;;/h2-8H,9H2;1H;/q-1;;+2/p-1. The van der Waals surface area contributed by atoms with Crippen LogP contribution < -0.4 is 21.7 Å². The molecule has 0 aromatic heterocycles. The summed E-state index contributed by atoms with van der Waals surface area (Å²) in [6.45, 7) is 0.443. The molecule has 0 fully saturated rings. The van der Waals surface area contributed by atoms with Crippen molar-refractivity contribution < 1.29 is 21.7 Å². The summed E-state index contributed by atoms with van der Waals surface area (Å²) in [5.41, 5.74) is 1.05. The molecule has 5 heteroatoms. The summed E-state index contributed by atoms with van der Waals surface area (Å²) in [6.07, 6.45) is 0. The van der Waals surface area contributed by atoms with E-state index < -0.39 is 0 Å². The topological polar surface area (TPSA) is 9.23 Å². The molecule has 1 nitrogen and oxygen atoms in total. The first-order valence-corrected chi connectivity index (χ1v) is 5.55. The van der Waals surface area contributed by atoms with E-state index in [1.807, 2.05) is 24.3 Å². The minimum Gasteiger partial charge on any atom is -1.00 e. The minimum absolute atomic E-state index is 0. The Morgan fingerprint density at radius 2 is 1.56 bits per heavy atom. The van der Waals surface area contributed by atoms with Gasteiger partial charge in [0.15, 0.2) is 5.75 Å². The predicted octanol–water partition coefficient (Wildman–Crippen LogP) is 0.996. The zero-order chi connectivity index (χ0) is 11.4. The third-order valence-corrected chi connectivity index (χ3v) is 2.68. The molecular weight excluding hydrogens is 347 g/mol.